The molecule has 0 spiro atoms. The number of rotatable bonds is 5. The number of aromatic nitrogens is 1. The van der Waals surface area contributed by atoms with Crippen molar-refractivity contribution in [2.75, 3.05) is 33.3 Å². The molecule has 11 heteroatoms. The van der Waals surface area contributed by atoms with Gasteiger partial charge in [0, 0.05) is 25.2 Å². The standard InChI is InChI=1S/C28H36N4O5S2/c1-22-6-10-27(11-7-22)38(33,34)31-16-4-14-29-15-5-17-32(39(35,36)28-12-8-23(2)9-13-28)21-25-19-26(37-3)18-24(20-31)30-25/h6-13,18-19,29H,4-5,14-17,20-21H2,1-3H3. The third kappa shape index (κ3) is 7.23. The van der Waals surface area contributed by atoms with Gasteiger partial charge in [-0.05, 0) is 64.0 Å². The summed E-state index contributed by atoms with van der Waals surface area (Å²) in [5.41, 5.74) is 2.92. The minimum atomic E-state index is -3.79. The average Bonchev–Trinajstić information content (AvgIpc) is 2.91. The third-order valence-electron chi connectivity index (χ3n) is 6.66. The highest BCUT2D eigenvalue weighted by Gasteiger charge is 2.28. The number of sulfonamides is 2. The van der Waals surface area contributed by atoms with E-state index in [1.165, 1.54) is 15.7 Å². The van der Waals surface area contributed by atoms with E-state index in [0.29, 0.717) is 56.2 Å². The molecule has 2 bridgehead atoms. The zero-order valence-corrected chi connectivity index (χ0v) is 24.3. The summed E-state index contributed by atoms with van der Waals surface area (Å²) in [5.74, 6) is 0.490. The molecule has 1 aromatic heterocycles. The van der Waals surface area contributed by atoms with Crippen molar-refractivity contribution in [1.82, 2.24) is 18.9 Å². The van der Waals surface area contributed by atoms with Gasteiger partial charge in [-0.1, -0.05) is 35.4 Å². The molecule has 0 amide bonds. The summed E-state index contributed by atoms with van der Waals surface area (Å²) in [6.45, 7) is 5.71. The van der Waals surface area contributed by atoms with Gasteiger partial charge in [0.15, 0.2) is 0 Å². The van der Waals surface area contributed by atoms with E-state index in [9.17, 15) is 16.8 Å². The lowest BCUT2D eigenvalue weighted by Crippen LogP contribution is -2.36. The Morgan fingerprint density at radius 2 is 1.13 bits per heavy atom. The first-order chi connectivity index (χ1) is 18.6. The van der Waals surface area contributed by atoms with Crippen LogP contribution in [0.5, 0.6) is 5.75 Å². The Labute approximate surface area is 231 Å². The van der Waals surface area contributed by atoms with Crippen LogP contribution in [0.3, 0.4) is 0 Å². The molecule has 0 radical (unpaired) electrons. The molecule has 0 fully saturated rings. The molecule has 1 N–H and O–H groups in total. The monoisotopic (exact) mass is 572 g/mol. The first-order valence-electron chi connectivity index (χ1n) is 13.0. The third-order valence-corrected chi connectivity index (χ3v) is 10.4. The molecule has 2 heterocycles. The molecule has 210 valence electrons. The van der Waals surface area contributed by atoms with E-state index in [4.69, 9.17) is 9.72 Å². The van der Waals surface area contributed by atoms with E-state index in [0.717, 1.165) is 11.1 Å². The maximum absolute atomic E-state index is 13.6. The normalized spacial score (nSPS) is 16.9. The van der Waals surface area contributed by atoms with Gasteiger partial charge in [0.1, 0.15) is 5.75 Å². The van der Waals surface area contributed by atoms with E-state index in [1.54, 1.807) is 60.7 Å². The highest BCUT2D eigenvalue weighted by atomic mass is 32.2. The van der Waals surface area contributed by atoms with E-state index >= 15 is 0 Å². The van der Waals surface area contributed by atoms with Gasteiger partial charge in [0.05, 0.1) is 41.4 Å². The molecule has 0 saturated heterocycles. The average molecular weight is 573 g/mol. The molecule has 1 aliphatic rings. The maximum Gasteiger partial charge on any atom is 0.243 e. The summed E-state index contributed by atoms with van der Waals surface area (Å²) in [5, 5.41) is 3.32. The fourth-order valence-corrected chi connectivity index (χ4v) is 7.33. The van der Waals surface area contributed by atoms with Crippen LogP contribution in [0.1, 0.15) is 35.4 Å². The van der Waals surface area contributed by atoms with Gasteiger partial charge >= 0.3 is 0 Å². The van der Waals surface area contributed by atoms with Crippen molar-refractivity contribution in [3.8, 4) is 5.75 Å². The van der Waals surface area contributed by atoms with E-state index < -0.39 is 20.0 Å². The summed E-state index contributed by atoms with van der Waals surface area (Å²) in [6.07, 6.45) is 1.18. The Kier molecular flexibility index (Phi) is 9.39. The fraction of sp³-hybridized carbons (Fsp3) is 0.393. The van der Waals surface area contributed by atoms with Crippen molar-refractivity contribution >= 4 is 20.0 Å². The lowest BCUT2D eigenvalue weighted by molar-refractivity contribution is 0.368. The molecule has 4 rings (SSSR count). The van der Waals surface area contributed by atoms with Crippen LogP contribution in [-0.4, -0.2) is 63.7 Å². The summed E-state index contributed by atoms with van der Waals surface area (Å²) in [4.78, 5) is 5.15. The highest BCUT2D eigenvalue weighted by molar-refractivity contribution is 7.89. The van der Waals surface area contributed by atoms with E-state index in [-0.39, 0.29) is 22.9 Å². The van der Waals surface area contributed by atoms with Crippen molar-refractivity contribution in [3.63, 3.8) is 0 Å². The number of ether oxygens (including phenoxy) is 1. The molecule has 0 saturated carbocycles. The van der Waals surface area contributed by atoms with Gasteiger partial charge in [-0.3, -0.25) is 4.98 Å². The molecule has 0 unspecified atom stereocenters. The van der Waals surface area contributed by atoms with Gasteiger partial charge < -0.3 is 10.1 Å². The molecule has 9 nitrogen and oxygen atoms in total. The fourth-order valence-electron chi connectivity index (χ4n) is 4.43. The van der Waals surface area contributed by atoms with Gasteiger partial charge in [-0.15, -0.1) is 0 Å². The van der Waals surface area contributed by atoms with Crippen molar-refractivity contribution < 1.29 is 21.6 Å². The van der Waals surface area contributed by atoms with Gasteiger partial charge in [0.2, 0.25) is 20.0 Å². The Morgan fingerprint density at radius 3 is 1.51 bits per heavy atom. The number of methoxy groups -OCH3 is 1. The Balaban J connectivity index is 1.71. The molecule has 39 heavy (non-hydrogen) atoms. The van der Waals surface area contributed by atoms with Crippen LogP contribution in [-0.2, 0) is 33.1 Å². The maximum atomic E-state index is 13.6. The summed E-state index contributed by atoms with van der Waals surface area (Å²) < 4.78 is 62.8. The molecule has 0 aliphatic carbocycles. The van der Waals surface area contributed by atoms with Crippen LogP contribution >= 0.6 is 0 Å². The lowest BCUT2D eigenvalue weighted by Gasteiger charge is -2.25. The number of nitrogens with one attached hydrogen (secondary N) is 1. The van der Waals surface area contributed by atoms with Crippen molar-refractivity contribution in [2.45, 2.75) is 49.6 Å². The number of fused-ring (bicyclic) bond motifs is 2. The van der Waals surface area contributed by atoms with E-state index in [1.807, 2.05) is 13.8 Å². The van der Waals surface area contributed by atoms with E-state index in [2.05, 4.69) is 5.32 Å². The number of nitrogens with zero attached hydrogens (tertiary/aromatic N) is 3. The molecular formula is C28H36N4O5S2. The second kappa shape index (κ2) is 12.6. The summed E-state index contributed by atoms with van der Waals surface area (Å²) >= 11 is 0. The number of aryl methyl sites for hydroxylation is 2. The van der Waals surface area contributed by atoms with Crippen LogP contribution in [0.25, 0.3) is 0 Å². The highest BCUT2D eigenvalue weighted by Crippen LogP contribution is 2.24. The Hall–Kier alpha value is -2.83. The number of benzene rings is 2. The molecule has 2 aromatic carbocycles. The second-order valence-electron chi connectivity index (χ2n) is 9.75. The molecule has 1 aliphatic heterocycles. The molecule has 3 aromatic rings. The predicted octanol–water partition coefficient (Wildman–Crippen LogP) is 3.47. The molecule has 0 atom stereocenters. The van der Waals surface area contributed by atoms with Crippen LogP contribution in [0, 0.1) is 13.8 Å². The minimum Gasteiger partial charge on any atom is -0.497 e. The lowest BCUT2D eigenvalue weighted by atomic mass is 10.2. The van der Waals surface area contributed by atoms with Crippen LogP contribution in [0.2, 0.25) is 0 Å². The first-order valence-corrected chi connectivity index (χ1v) is 15.9. The zero-order valence-electron chi connectivity index (χ0n) is 22.6. The van der Waals surface area contributed by atoms with Gasteiger partial charge in [-0.2, -0.15) is 8.61 Å². The number of pyridine rings is 1. The van der Waals surface area contributed by atoms with Gasteiger partial charge in [0.25, 0.3) is 0 Å². The zero-order chi connectivity index (χ0) is 28.0. The van der Waals surface area contributed by atoms with Crippen LogP contribution in [0.15, 0.2) is 70.5 Å². The Bertz CT molecular complexity index is 1370. The smallest absolute Gasteiger partial charge is 0.243 e. The quantitative estimate of drug-likeness (QED) is 0.499. The van der Waals surface area contributed by atoms with Crippen molar-refractivity contribution in [3.05, 3.63) is 83.2 Å². The topological polar surface area (TPSA) is 109 Å². The Morgan fingerprint density at radius 1 is 0.718 bits per heavy atom. The largest absolute Gasteiger partial charge is 0.497 e. The van der Waals surface area contributed by atoms with Gasteiger partial charge in [-0.25, -0.2) is 16.8 Å². The summed E-state index contributed by atoms with van der Waals surface area (Å²) in [6, 6.07) is 17.0. The van der Waals surface area contributed by atoms with Crippen molar-refractivity contribution in [1.29, 1.82) is 0 Å². The number of hydrogen-bond donors (Lipinski definition) is 1. The summed E-state index contributed by atoms with van der Waals surface area (Å²) in [7, 11) is -6.06. The van der Waals surface area contributed by atoms with Crippen LogP contribution in [0.4, 0.5) is 0 Å². The van der Waals surface area contributed by atoms with Crippen LogP contribution < -0.4 is 10.1 Å². The number of hydrogen-bond acceptors (Lipinski definition) is 7. The molecular weight excluding hydrogens is 536 g/mol. The first kappa shape index (κ1) is 29.2. The second-order valence-corrected chi connectivity index (χ2v) is 13.6. The predicted molar refractivity (Wildman–Crippen MR) is 150 cm³/mol. The van der Waals surface area contributed by atoms with Crippen molar-refractivity contribution in [2.24, 2.45) is 0 Å². The minimum absolute atomic E-state index is 0.0329. The SMILES string of the molecule is COc1cc2nc(c1)CN(S(=O)(=O)c1ccc(C)cc1)CCCNCCCN(S(=O)(=O)c1ccc(C)cc1)C2.